The molecule has 1 aliphatic rings. The van der Waals surface area contributed by atoms with Gasteiger partial charge in [-0.2, -0.15) is 0 Å². The molecule has 7 heteroatoms. The van der Waals surface area contributed by atoms with Crippen LogP contribution in [0.2, 0.25) is 0 Å². The molecule has 1 fully saturated rings. The number of carbonyl (C=O) groups is 3. The van der Waals surface area contributed by atoms with Crippen LogP contribution < -0.4 is 0 Å². The smallest absolute Gasteiger partial charge is 0.228 e. The zero-order chi connectivity index (χ0) is 30.4. The lowest BCUT2D eigenvalue weighted by Crippen LogP contribution is -2.50. The van der Waals surface area contributed by atoms with Crippen LogP contribution in [0, 0.1) is 36.3 Å². The van der Waals surface area contributed by atoms with Crippen molar-refractivity contribution in [3.05, 3.63) is 106 Å². The van der Waals surface area contributed by atoms with Gasteiger partial charge < -0.3 is 10.0 Å². The highest BCUT2D eigenvalue weighted by Gasteiger charge is 2.41. The molecule has 3 aromatic rings. The van der Waals surface area contributed by atoms with E-state index < -0.39 is 29.6 Å². The first-order valence-electron chi connectivity index (χ1n) is 14.7. The number of halogens is 2. The molecule has 5 nitrogen and oxygen atoms in total. The Morgan fingerprint density at radius 1 is 0.976 bits per heavy atom. The summed E-state index contributed by atoms with van der Waals surface area (Å²) >= 11 is 0. The molecule has 1 saturated heterocycles. The quantitative estimate of drug-likeness (QED) is 0.243. The van der Waals surface area contributed by atoms with Crippen molar-refractivity contribution in [1.82, 2.24) is 4.90 Å². The van der Waals surface area contributed by atoms with Crippen molar-refractivity contribution < 1.29 is 28.3 Å². The third-order valence-electron chi connectivity index (χ3n) is 8.18. The second-order valence-electron chi connectivity index (χ2n) is 11.7. The average Bonchev–Trinajstić information content (AvgIpc) is 2.93. The van der Waals surface area contributed by atoms with E-state index in [2.05, 4.69) is 6.92 Å². The SMILES string of the molecule is CCC[C@@H]1CC([C@@H](O)C(CC(=O)c2cc(C)cc(C(C)=O)c2)Cc2cc(F)cc(F)c2)C(=O)N(Cc2ccccc2)C1. The standard InChI is InChI=1S/C35H39F2NO4/c1-4-8-25-16-32(35(42)38(21-25)20-24-9-6-5-7-10-24)34(41)29(13-26-14-30(36)19-31(37)15-26)18-33(40)28-12-22(2)11-27(17-28)23(3)39/h5-7,9-12,14-15,17,19,25,29,32,34,41H,4,8,13,16,18,20-21H2,1-3H3/t25-,29?,32?,34+/m1/s1. The Balaban J connectivity index is 1.66. The molecule has 4 atom stereocenters. The molecule has 4 rings (SSSR count). The topological polar surface area (TPSA) is 74.7 Å². The fourth-order valence-corrected chi connectivity index (χ4v) is 6.20. The van der Waals surface area contributed by atoms with Gasteiger partial charge >= 0.3 is 0 Å². The predicted molar refractivity (Wildman–Crippen MR) is 158 cm³/mol. The fourth-order valence-electron chi connectivity index (χ4n) is 6.20. The molecule has 0 bridgehead atoms. The van der Waals surface area contributed by atoms with Crippen molar-refractivity contribution >= 4 is 17.5 Å². The number of amides is 1. The van der Waals surface area contributed by atoms with Gasteiger partial charge in [0.25, 0.3) is 0 Å². The summed E-state index contributed by atoms with van der Waals surface area (Å²) in [5.74, 6) is -3.54. The van der Waals surface area contributed by atoms with Crippen molar-refractivity contribution in [2.45, 2.75) is 65.5 Å². The van der Waals surface area contributed by atoms with E-state index in [4.69, 9.17) is 0 Å². The number of benzene rings is 3. The highest BCUT2D eigenvalue weighted by atomic mass is 19.1. The average molecular weight is 576 g/mol. The molecule has 222 valence electrons. The predicted octanol–water partition coefficient (Wildman–Crippen LogP) is 6.73. The van der Waals surface area contributed by atoms with E-state index in [0.717, 1.165) is 30.0 Å². The van der Waals surface area contributed by atoms with Crippen LogP contribution in [-0.2, 0) is 17.8 Å². The third kappa shape index (κ3) is 7.97. The molecule has 1 N–H and O–H groups in total. The number of hydrogen-bond acceptors (Lipinski definition) is 4. The van der Waals surface area contributed by atoms with Gasteiger partial charge in [-0.1, -0.05) is 43.7 Å². The van der Waals surface area contributed by atoms with E-state index in [-0.39, 0.29) is 36.2 Å². The number of ketones is 2. The molecule has 1 aliphatic heterocycles. The van der Waals surface area contributed by atoms with Gasteiger partial charge in [0.2, 0.25) is 5.91 Å². The molecule has 3 aromatic carbocycles. The monoisotopic (exact) mass is 575 g/mol. The van der Waals surface area contributed by atoms with Gasteiger partial charge in [0.1, 0.15) is 11.6 Å². The van der Waals surface area contributed by atoms with Crippen molar-refractivity contribution in [2.75, 3.05) is 6.54 Å². The molecule has 0 aliphatic carbocycles. The van der Waals surface area contributed by atoms with Gasteiger partial charge in [0.05, 0.1) is 12.0 Å². The maximum absolute atomic E-state index is 14.1. The molecular formula is C35H39F2NO4. The normalized spacial score (nSPS) is 18.5. The lowest BCUT2D eigenvalue weighted by atomic mass is 9.75. The Kier molecular flexibility index (Phi) is 10.4. The molecule has 0 aromatic heterocycles. The van der Waals surface area contributed by atoms with E-state index in [1.807, 2.05) is 30.3 Å². The molecule has 2 unspecified atom stereocenters. The van der Waals surface area contributed by atoms with E-state index in [0.29, 0.717) is 36.2 Å². The van der Waals surface area contributed by atoms with Gasteiger partial charge in [-0.05, 0) is 92.0 Å². The number of piperidine rings is 1. The Morgan fingerprint density at radius 3 is 2.29 bits per heavy atom. The second-order valence-corrected chi connectivity index (χ2v) is 11.7. The summed E-state index contributed by atoms with van der Waals surface area (Å²) in [5, 5.41) is 11.8. The Labute approximate surface area is 246 Å². The number of aliphatic hydroxyl groups excluding tert-OH is 1. The number of aliphatic hydroxyl groups is 1. The van der Waals surface area contributed by atoms with E-state index >= 15 is 0 Å². The first-order chi connectivity index (χ1) is 20.0. The van der Waals surface area contributed by atoms with Gasteiger partial charge in [-0.25, -0.2) is 8.78 Å². The van der Waals surface area contributed by atoms with Crippen molar-refractivity contribution in [1.29, 1.82) is 0 Å². The van der Waals surface area contributed by atoms with Gasteiger partial charge in [0, 0.05) is 36.7 Å². The molecule has 1 amide bonds. The summed E-state index contributed by atoms with van der Waals surface area (Å²) in [6, 6.07) is 17.8. The van der Waals surface area contributed by atoms with Crippen molar-refractivity contribution in [3.63, 3.8) is 0 Å². The number of hydrogen-bond donors (Lipinski definition) is 1. The van der Waals surface area contributed by atoms with Crippen LogP contribution in [0.1, 0.15) is 76.9 Å². The minimum atomic E-state index is -1.22. The Hall–Kier alpha value is -3.71. The van der Waals surface area contributed by atoms with Crippen molar-refractivity contribution in [3.8, 4) is 0 Å². The maximum atomic E-state index is 14.1. The summed E-state index contributed by atoms with van der Waals surface area (Å²) in [7, 11) is 0. The van der Waals surface area contributed by atoms with E-state index in [9.17, 15) is 28.3 Å². The number of aryl methyl sites for hydroxylation is 1. The van der Waals surface area contributed by atoms with Gasteiger partial charge in [0.15, 0.2) is 11.6 Å². The summed E-state index contributed by atoms with van der Waals surface area (Å²) in [6.07, 6.45) is 0.923. The number of rotatable bonds is 12. The van der Waals surface area contributed by atoms with Crippen LogP contribution in [0.4, 0.5) is 8.78 Å². The zero-order valence-electron chi connectivity index (χ0n) is 24.5. The van der Waals surface area contributed by atoms with E-state index in [1.54, 1.807) is 24.0 Å². The van der Waals surface area contributed by atoms with Crippen LogP contribution in [0.15, 0.2) is 66.7 Å². The summed E-state index contributed by atoms with van der Waals surface area (Å²) in [5.41, 5.74) is 2.76. The van der Waals surface area contributed by atoms with Crippen LogP contribution in [0.25, 0.3) is 0 Å². The minimum Gasteiger partial charge on any atom is -0.392 e. The van der Waals surface area contributed by atoms with Crippen LogP contribution in [-0.4, -0.2) is 40.1 Å². The molecule has 1 heterocycles. The van der Waals surface area contributed by atoms with Crippen LogP contribution >= 0.6 is 0 Å². The zero-order valence-corrected chi connectivity index (χ0v) is 24.5. The maximum Gasteiger partial charge on any atom is 0.228 e. The summed E-state index contributed by atoms with van der Waals surface area (Å²) in [4.78, 5) is 41.2. The number of likely N-dealkylation sites (tertiary alicyclic amines) is 1. The summed E-state index contributed by atoms with van der Waals surface area (Å²) in [6.45, 7) is 6.30. The largest absolute Gasteiger partial charge is 0.392 e. The van der Waals surface area contributed by atoms with Crippen LogP contribution in [0.3, 0.4) is 0 Å². The number of carbonyl (C=O) groups excluding carboxylic acids is 3. The Bertz CT molecular complexity index is 1400. The number of Topliss-reactive ketones (excluding diaryl/α,β-unsaturated/α-hetero) is 2. The molecular weight excluding hydrogens is 536 g/mol. The third-order valence-corrected chi connectivity index (χ3v) is 8.18. The molecule has 42 heavy (non-hydrogen) atoms. The van der Waals surface area contributed by atoms with Crippen molar-refractivity contribution in [2.24, 2.45) is 17.8 Å². The lowest BCUT2D eigenvalue weighted by Gasteiger charge is -2.41. The molecule has 0 radical (unpaired) electrons. The fraction of sp³-hybridized carbons (Fsp3) is 0.400. The second kappa shape index (κ2) is 14.0. The first kappa shape index (κ1) is 31.2. The minimum absolute atomic E-state index is 0.00782. The van der Waals surface area contributed by atoms with Gasteiger partial charge in [-0.15, -0.1) is 0 Å². The van der Waals surface area contributed by atoms with E-state index in [1.165, 1.54) is 25.1 Å². The van der Waals surface area contributed by atoms with Crippen LogP contribution in [0.5, 0.6) is 0 Å². The highest BCUT2D eigenvalue weighted by Crippen LogP contribution is 2.34. The summed E-state index contributed by atoms with van der Waals surface area (Å²) < 4.78 is 28.2. The highest BCUT2D eigenvalue weighted by molar-refractivity contribution is 6.01. The van der Waals surface area contributed by atoms with Gasteiger partial charge in [-0.3, -0.25) is 14.4 Å². The number of nitrogens with zero attached hydrogens (tertiary/aromatic N) is 1. The lowest BCUT2D eigenvalue weighted by molar-refractivity contribution is -0.148. The first-order valence-corrected chi connectivity index (χ1v) is 14.7. The Morgan fingerprint density at radius 2 is 1.64 bits per heavy atom. The molecule has 0 saturated carbocycles. The molecule has 0 spiro atoms.